The largest absolute Gasteiger partial charge is 0.497 e. The van der Waals surface area contributed by atoms with Crippen LogP contribution in [-0.4, -0.2) is 36.1 Å². The van der Waals surface area contributed by atoms with E-state index in [1.165, 1.54) is 6.42 Å². The van der Waals surface area contributed by atoms with Gasteiger partial charge < -0.3 is 19.8 Å². The van der Waals surface area contributed by atoms with Crippen molar-refractivity contribution in [2.45, 2.75) is 37.4 Å². The number of nitrogens with zero attached hydrogens (tertiary/aromatic N) is 1. The van der Waals surface area contributed by atoms with Gasteiger partial charge in [-0.15, -0.1) is 0 Å². The lowest BCUT2D eigenvalue weighted by Gasteiger charge is -2.20. The Balaban J connectivity index is 1.47. The van der Waals surface area contributed by atoms with Crippen molar-refractivity contribution < 1.29 is 13.9 Å². The van der Waals surface area contributed by atoms with Gasteiger partial charge in [-0.1, -0.05) is 12.1 Å². The van der Waals surface area contributed by atoms with Gasteiger partial charge in [-0.05, 0) is 31.4 Å². The molecule has 2 aromatic rings. The minimum Gasteiger partial charge on any atom is -0.497 e. The van der Waals surface area contributed by atoms with Crippen LogP contribution in [0.5, 0.6) is 5.75 Å². The Morgan fingerprint density at radius 1 is 1.43 bits per heavy atom. The molecule has 3 heterocycles. The number of fused-ring (bicyclic) bond motifs is 2. The van der Waals surface area contributed by atoms with E-state index in [1.807, 2.05) is 24.3 Å². The summed E-state index contributed by atoms with van der Waals surface area (Å²) in [7, 11) is 1.61. The van der Waals surface area contributed by atoms with Gasteiger partial charge in [0.05, 0.1) is 13.3 Å². The maximum absolute atomic E-state index is 12.3. The predicted octanol–water partition coefficient (Wildman–Crippen LogP) is 1.97. The molecule has 6 nitrogen and oxygen atoms in total. The van der Waals surface area contributed by atoms with Gasteiger partial charge in [-0.3, -0.25) is 4.79 Å². The number of nitrogens with one attached hydrogen (secondary N) is 2. The number of hydrogen-bond acceptors (Lipinski definition) is 5. The standard InChI is InChI=1S/C17H19N3O3/c1-22-12-4-2-3-10(7-12)15-9-18-17(23-15)16(21)20-14-8-11-5-6-13(14)19-11/h2-4,7,9,11,13-14,19H,5-6,8H2,1H3,(H,20,21). The van der Waals surface area contributed by atoms with Gasteiger partial charge in [0.15, 0.2) is 5.76 Å². The van der Waals surface area contributed by atoms with Crippen LogP contribution in [0.2, 0.25) is 0 Å². The van der Waals surface area contributed by atoms with E-state index in [2.05, 4.69) is 15.6 Å². The van der Waals surface area contributed by atoms with Crippen LogP contribution in [0, 0.1) is 0 Å². The van der Waals surface area contributed by atoms with E-state index in [-0.39, 0.29) is 17.8 Å². The highest BCUT2D eigenvalue weighted by Crippen LogP contribution is 2.29. The molecular weight excluding hydrogens is 294 g/mol. The minimum absolute atomic E-state index is 0.102. The molecule has 2 aliphatic rings. The van der Waals surface area contributed by atoms with Gasteiger partial charge in [-0.25, -0.2) is 4.98 Å². The average molecular weight is 313 g/mol. The zero-order valence-corrected chi connectivity index (χ0v) is 12.9. The first-order valence-corrected chi connectivity index (χ1v) is 7.90. The summed E-state index contributed by atoms with van der Waals surface area (Å²) in [6.07, 6.45) is 4.88. The van der Waals surface area contributed by atoms with E-state index in [1.54, 1.807) is 13.3 Å². The number of benzene rings is 1. The van der Waals surface area contributed by atoms with Gasteiger partial charge >= 0.3 is 5.91 Å². The number of rotatable bonds is 4. The molecular formula is C17H19N3O3. The topological polar surface area (TPSA) is 76.4 Å². The van der Waals surface area contributed by atoms with Crippen LogP contribution in [0.1, 0.15) is 29.9 Å². The Morgan fingerprint density at radius 3 is 3.09 bits per heavy atom. The molecule has 2 aliphatic heterocycles. The van der Waals surface area contributed by atoms with Crippen molar-refractivity contribution in [1.82, 2.24) is 15.6 Å². The zero-order valence-electron chi connectivity index (χ0n) is 12.9. The van der Waals surface area contributed by atoms with Crippen LogP contribution in [0.3, 0.4) is 0 Å². The van der Waals surface area contributed by atoms with Crippen LogP contribution in [0.4, 0.5) is 0 Å². The molecule has 120 valence electrons. The number of methoxy groups -OCH3 is 1. The third-order valence-electron chi connectivity index (χ3n) is 4.67. The van der Waals surface area contributed by atoms with Crippen molar-refractivity contribution in [3.8, 4) is 17.1 Å². The highest BCUT2D eigenvalue weighted by molar-refractivity contribution is 5.90. The summed E-state index contributed by atoms with van der Waals surface area (Å²) in [5.74, 6) is 1.14. The van der Waals surface area contributed by atoms with Crippen LogP contribution in [0.15, 0.2) is 34.9 Å². The summed E-state index contributed by atoms with van der Waals surface area (Å²) in [4.78, 5) is 16.4. The molecule has 23 heavy (non-hydrogen) atoms. The van der Waals surface area contributed by atoms with Crippen molar-refractivity contribution in [2.75, 3.05) is 7.11 Å². The van der Waals surface area contributed by atoms with Crippen LogP contribution < -0.4 is 15.4 Å². The molecule has 6 heteroatoms. The maximum atomic E-state index is 12.3. The Morgan fingerprint density at radius 2 is 2.35 bits per heavy atom. The number of carbonyl (C=O) groups excluding carboxylic acids is 1. The fraction of sp³-hybridized carbons (Fsp3) is 0.412. The molecule has 1 aromatic heterocycles. The van der Waals surface area contributed by atoms with Crippen molar-refractivity contribution in [3.05, 3.63) is 36.4 Å². The second kappa shape index (κ2) is 5.70. The normalized spacial score (nSPS) is 25.5. The summed E-state index contributed by atoms with van der Waals surface area (Å²) in [5.41, 5.74) is 0.831. The third-order valence-corrected chi connectivity index (χ3v) is 4.67. The smallest absolute Gasteiger partial charge is 0.307 e. The third kappa shape index (κ3) is 2.70. The van der Waals surface area contributed by atoms with Crippen LogP contribution in [-0.2, 0) is 0 Å². The highest BCUT2D eigenvalue weighted by atomic mass is 16.5. The molecule has 1 amide bonds. The molecule has 1 aromatic carbocycles. The Bertz CT molecular complexity index is 727. The van der Waals surface area contributed by atoms with E-state index in [9.17, 15) is 4.79 Å². The van der Waals surface area contributed by atoms with Crippen LogP contribution >= 0.6 is 0 Å². The van der Waals surface area contributed by atoms with Crippen molar-refractivity contribution in [2.24, 2.45) is 0 Å². The molecule has 2 bridgehead atoms. The highest BCUT2D eigenvalue weighted by Gasteiger charge is 2.40. The first-order chi connectivity index (χ1) is 11.2. The predicted molar refractivity (Wildman–Crippen MR) is 84.3 cm³/mol. The summed E-state index contributed by atoms with van der Waals surface area (Å²) in [5, 5.41) is 6.53. The van der Waals surface area contributed by atoms with Crippen molar-refractivity contribution in [3.63, 3.8) is 0 Å². The van der Waals surface area contributed by atoms with Crippen LogP contribution in [0.25, 0.3) is 11.3 Å². The lowest BCUT2D eigenvalue weighted by molar-refractivity contribution is 0.0896. The maximum Gasteiger partial charge on any atom is 0.307 e. The van der Waals surface area contributed by atoms with Gasteiger partial charge in [0.2, 0.25) is 0 Å². The Kier molecular flexibility index (Phi) is 3.53. The lowest BCUT2D eigenvalue weighted by atomic mass is 9.95. The molecule has 3 atom stereocenters. The molecule has 0 radical (unpaired) electrons. The van der Waals surface area contributed by atoms with Gasteiger partial charge in [0.25, 0.3) is 5.89 Å². The van der Waals surface area contributed by atoms with Crippen molar-refractivity contribution in [1.29, 1.82) is 0 Å². The second-order valence-corrected chi connectivity index (χ2v) is 6.12. The van der Waals surface area contributed by atoms with E-state index in [0.29, 0.717) is 17.8 Å². The molecule has 0 saturated carbocycles. The first kappa shape index (κ1) is 14.3. The number of hydrogen-bond donors (Lipinski definition) is 2. The van der Waals surface area contributed by atoms with Gasteiger partial charge in [0.1, 0.15) is 5.75 Å². The number of carbonyl (C=O) groups is 1. The lowest BCUT2D eigenvalue weighted by Crippen LogP contribution is -2.43. The second-order valence-electron chi connectivity index (χ2n) is 6.12. The molecule has 4 rings (SSSR count). The molecule has 3 unspecified atom stereocenters. The monoisotopic (exact) mass is 313 g/mol. The SMILES string of the molecule is COc1cccc(-c2cnc(C(=O)NC3CC4CCC3N4)o2)c1. The first-order valence-electron chi connectivity index (χ1n) is 7.90. The average Bonchev–Trinajstić information content (AvgIpc) is 3.31. The number of amides is 1. The van der Waals surface area contributed by atoms with Gasteiger partial charge in [0, 0.05) is 23.7 Å². The number of aromatic nitrogens is 1. The molecule has 2 saturated heterocycles. The summed E-state index contributed by atoms with van der Waals surface area (Å²) in [6.45, 7) is 0. The summed E-state index contributed by atoms with van der Waals surface area (Å²) >= 11 is 0. The van der Waals surface area contributed by atoms with E-state index < -0.39 is 0 Å². The Hall–Kier alpha value is -2.34. The molecule has 2 fully saturated rings. The fourth-order valence-electron chi connectivity index (χ4n) is 3.50. The molecule has 2 N–H and O–H groups in total. The molecule has 0 aliphatic carbocycles. The van der Waals surface area contributed by atoms with E-state index in [4.69, 9.17) is 9.15 Å². The van der Waals surface area contributed by atoms with E-state index in [0.717, 1.165) is 24.2 Å². The quantitative estimate of drug-likeness (QED) is 0.902. The van der Waals surface area contributed by atoms with Crippen molar-refractivity contribution >= 4 is 5.91 Å². The Labute approximate surface area is 134 Å². The zero-order chi connectivity index (χ0) is 15.8. The minimum atomic E-state index is -0.251. The summed E-state index contributed by atoms with van der Waals surface area (Å²) in [6, 6.07) is 8.58. The number of oxazole rings is 1. The van der Waals surface area contributed by atoms with E-state index >= 15 is 0 Å². The molecule has 0 spiro atoms. The fourth-order valence-corrected chi connectivity index (χ4v) is 3.50. The summed E-state index contributed by atoms with van der Waals surface area (Å²) < 4.78 is 10.8. The van der Waals surface area contributed by atoms with Gasteiger partial charge in [-0.2, -0.15) is 0 Å². The number of ether oxygens (including phenoxy) is 1.